The monoisotopic (exact) mass is 633 g/mol. The van der Waals surface area contributed by atoms with Gasteiger partial charge in [0.15, 0.2) is 0 Å². The van der Waals surface area contributed by atoms with Gasteiger partial charge in [-0.1, -0.05) is 140 Å². The van der Waals surface area contributed by atoms with Crippen molar-refractivity contribution in [3.63, 3.8) is 0 Å². The summed E-state index contributed by atoms with van der Waals surface area (Å²) in [5.74, 6) is 0.277. The lowest BCUT2D eigenvalue weighted by Gasteiger charge is -2.28. The van der Waals surface area contributed by atoms with Crippen molar-refractivity contribution in [2.75, 3.05) is 12.4 Å². The molecule has 8 rings (SSSR count). The van der Waals surface area contributed by atoms with E-state index in [1.807, 2.05) is 0 Å². The van der Waals surface area contributed by atoms with Gasteiger partial charge in [0.25, 0.3) is 0 Å². The van der Waals surface area contributed by atoms with Crippen LogP contribution in [-0.2, 0) is 6.42 Å². The summed E-state index contributed by atoms with van der Waals surface area (Å²) in [4.78, 5) is 0. The summed E-state index contributed by atoms with van der Waals surface area (Å²) < 4.78 is 2.38. The molecule has 8 aromatic rings. The second-order valence-electron chi connectivity index (χ2n) is 12.7. The predicted octanol–water partition coefficient (Wildman–Crippen LogP) is 11.5. The van der Waals surface area contributed by atoms with Crippen LogP contribution in [0.3, 0.4) is 0 Å². The number of para-hydroxylation sites is 2. The average Bonchev–Trinajstić information content (AvgIpc) is 3.49. The van der Waals surface area contributed by atoms with E-state index >= 15 is 0 Å². The molecule has 0 unspecified atom stereocenters. The highest BCUT2D eigenvalue weighted by Crippen LogP contribution is 2.40. The lowest BCUT2D eigenvalue weighted by atomic mass is 9.82. The van der Waals surface area contributed by atoms with Crippen molar-refractivity contribution < 1.29 is 0 Å². The van der Waals surface area contributed by atoms with Crippen LogP contribution in [0.4, 0.5) is 11.4 Å². The molecule has 0 bridgehead atoms. The van der Waals surface area contributed by atoms with Crippen LogP contribution in [0.1, 0.15) is 28.7 Å². The van der Waals surface area contributed by atoms with Gasteiger partial charge in [-0.3, -0.25) is 0 Å². The van der Waals surface area contributed by atoms with E-state index in [0.29, 0.717) is 0 Å². The lowest BCUT2D eigenvalue weighted by Crippen LogP contribution is -2.25. The zero-order chi connectivity index (χ0) is 33.0. The fourth-order valence-electron chi connectivity index (χ4n) is 7.36. The van der Waals surface area contributed by atoms with Crippen molar-refractivity contribution in [2.45, 2.75) is 18.4 Å². The molecule has 2 N–H and O–H groups in total. The van der Waals surface area contributed by atoms with Crippen molar-refractivity contribution in [3.8, 4) is 16.8 Å². The molecule has 7 aromatic carbocycles. The summed E-state index contributed by atoms with van der Waals surface area (Å²) in [5, 5.41) is 9.99. The first-order chi connectivity index (χ1) is 24.3. The number of fused-ring (bicyclic) bond motifs is 3. The van der Waals surface area contributed by atoms with Crippen molar-refractivity contribution >= 4 is 33.2 Å². The van der Waals surface area contributed by atoms with Crippen molar-refractivity contribution in [1.29, 1.82) is 0 Å². The Morgan fingerprint density at radius 2 is 1.14 bits per heavy atom. The quantitative estimate of drug-likeness (QED) is 0.157. The van der Waals surface area contributed by atoms with Crippen LogP contribution in [0, 0.1) is 0 Å². The third kappa shape index (κ3) is 6.13. The van der Waals surface area contributed by atoms with Gasteiger partial charge in [0.05, 0.1) is 11.0 Å². The van der Waals surface area contributed by atoms with Crippen LogP contribution < -0.4 is 10.6 Å². The molecule has 0 saturated carbocycles. The third-order valence-electron chi connectivity index (χ3n) is 9.70. The maximum atomic E-state index is 3.84. The highest BCUT2D eigenvalue weighted by Gasteiger charge is 2.24. The Morgan fingerprint density at radius 3 is 1.84 bits per heavy atom. The number of aromatic nitrogens is 1. The Balaban J connectivity index is 1.19. The van der Waals surface area contributed by atoms with E-state index in [2.05, 4.69) is 204 Å². The number of nitrogens with zero attached hydrogens (tertiary/aromatic N) is 1. The molecule has 1 heterocycles. The topological polar surface area (TPSA) is 29.0 Å². The van der Waals surface area contributed by atoms with Gasteiger partial charge in [-0.15, -0.1) is 0 Å². The molecule has 0 aliphatic heterocycles. The van der Waals surface area contributed by atoms with Crippen LogP contribution in [0.25, 0.3) is 38.6 Å². The van der Waals surface area contributed by atoms with E-state index < -0.39 is 0 Å². The van der Waals surface area contributed by atoms with Gasteiger partial charge in [0, 0.05) is 45.4 Å². The summed E-state index contributed by atoms with van der Waals surface area (Å²) in [5.41, 5.74) is 11.9. The molecular weight excluding hydrogens is 595 g/mol. The maximum Gasteiger partial charge on any atom is 0.0562 e. The highest BCUT2D eigenvalue weighted by molar-refractivity contribution is 6.12. The Morgan fingerprint density at radius 1 is 0.531 bits per heavy atom. The molecule has 0 aliphatic rings. The van der Waals surface area contributed by atoms with E-state index in [0.717, 1.165) is 23.5 Å². The van der Waals surface area contributed by atoms with Gasteiger partial charge in [-0.2, -0.15) is 0 Å². The van der Waals surface area contributed by atoms with Gasteiger partial charge >= 0.3 is 0 Å². The molecule has 3 nitrogen and oxygen atoms in total. The van der Waals surface area contributed by atoms with Crippen LogP contribution in [-0.4, -0.2) is 11.6 Å². The van der Waals surface area contributed by atoms with Crippen molar-refractivity contribution in [1.82, 2.24) is 9.88 Å². The Hall–Kier alpha value is -5.90. The van der Waals surface area contributed by atoms with Crippen LogP contribution in [0.15, 0.2) is 182 Å². The summed E-state index contributed by atoms with van der Waals surface area (Å²) in [7, 11) is 2.07. The lowest BCUT2D eigenvalue weighted by molar-refractivity contribution is 0.476. The molecule has 0 radical (unpaired) electrons. The minimum absolute atomic E-state index is 0.148. The zero-order valence-corrected chi connectivity index (χ0v) is 27.6. The van der Waals surface area contributed by atoms with E-state index in [9.17, 15) is 0 Å². The number of hydrogen-bond donors (Lipinski definition) is 2. The molecule has 49 heavy (non-hydrogen) atoms. The number of nitrogens with one attached hydrogen (secondary N) is 2. The summed E-state index contributed by atoms with van der Waals surface area (Å²) in [6, 6.07) is 65.6. The maximum absolute atomic E-state index is 3.84. The van der Waals surface area contributed by atoms with Crippen LogP contribution in [0.5, 0.6) is 0 Å². The molecule has 0 saturated heterocycles. The molecule has 1 aromatic heterocycles. The standard InChI is InChI=1S/C46H39N3/c1-47-46(41(35-20-10-4-11-21-35)30-33-16-6-2-7-17-33)36-26-28-37(29-27-36)48-43-32-45-42(31-40(43)34-18-8-3-9-19-34)39-24-14-15-25-44(39)49(45)38-22-12-5-13-23-38/h2-29,31-32,41,46-48H,30H2,1H3/t41-,46-/m0/s1. The van der Waals surface area contributed by atoms with E-state index in [1.54, 1.807) is 0 Å². The molecular formula is C46H39N3. The van der Waals surface area contributed by atoms with Crippen LogP contribution in [0.2, 0.25) is 0 Å². The largest absolute Gasteiger partial charge is 0.355 e. The Bertz CT molecular complexity index is 2290. The average molecular weight is 634 g/mol. The van der Waals surface area contributed by atoms with Gasteiger partial charge in [-0.05, 0) is 78.2 Å². The predicted molar refractivity (Wildman–Crippen MR) is 207 cm³/mol. The summed E-state index contributed by atoms with van der Waals surface area (Å²) >= 11 is 0. The van der Waals surface area contributed by atoms with Crippen molar-refractivity contribution in [2.24, 2.45) is 0 Å². The molecule has 0 fully saturated rings. The first-order valence-corrected chi connectivity index (χ1v) is 17.1. The number of likely N-dealkylation sites (N-methyl/N-ethyl adjacent to an activating group) is 1. The Kier molecular flexibility index (Phi) is 8.50. The van der Waals surface area contributed by atoms with E-state index in [-0.39, 0.29) is 12.0 Å². The van der Waals surface area contributed by atoms with E-state index in [4.69, 9.17) is 0 Å². The molecule has 2 atom stereocenters. The van der Waals surface area contributed by atoms with Crippen LogP contribution >= 0.6 is 0 Å². The summed E-state index contributed by atoms with van der Waals surface area (Å²) in [6.45, 7) is 0. The van der Waals surface area contributed by atoms with E-state index in [1.165, 1.54) is 49.6 Å². The number of rotatable bonds is 10. The molecule has 0 amide bonds. The third-order valence-corrected chi connectivity index (χ3v) is 9.70. The molecule has 3 heteroatoms. The fraction of sp³-hybridized carbons (Fsp3) is 0.0870. The van der Waals surface area contributed by atoms with Crippen molar-refractivity contribution in [3.05, 3.63) is 199 Å². The second-order valence-corrected chi connectivity index (χ2v) is 12.7. The first-order valence-electron chi connectivity index (χ1n) is 17.1. The number of hydrogen-bond acceptors (Lipinski definition) is 2. The molecule has 0 aliphatic carbocycles. The Labute approximate surface area is 288 Å². The molecule has 0 spiro atoms. The highest BCUT2D eigenvalue weighted by atomic mass is 15.0. The normalized spacial score (nSPS) is 12.6. The zero-order valence-electron chi connectivity index (χ0n) is 27.6. The van der Waals surface area contributed by atoms with Gasteiger partial charge in [0.1, 0.15) is 0 Å². The van der Waals surface area contributed by atoms with Gasteiger partial charge in [0.2, 0.25) is 0 Å². The summed E-state index contributed by atoms with van der Waals surface area (Å²) in [6.07, 6.45) is 0.951. The first kappa shape index (κ1) is 30.4. The fourth-order valence-corrected chi connectivity index (χ4v) is 7.36. The second kappa shape index (κ2) is 13.7. The van der Waals surface area contributed by atoms with Gasteiger partial charge < -0.3 is 15.2 Å². The minimum Gasteiger partial charge on any atom is -0.355 e. The number of anilines is 2. The van der Waals surface area contributed by atoms with Gasteiger partial charge in [-0.25, -0.2) is 0 Å². The molecule has 238 valence electrons. The minimum atomic E-state index is 0.148. The SMILES string of the molecule is CN[C@@H](c1ccc(Nc2cc3c(cc2-c2ccccc2)c2ccccc2n3-c2ccccc2)cc1)[C@@H](Cc1ccccc1)c1ccccc1. The smallest absolute Gasteiger partial charge is 0.0562 e. The number of benzene rings is 7.